The third-order valence-corrected chi connectivity index (χ3v) is 4.87. The largest absolute Gasteiger partial charge is 0.497 e. The van der Waals surface area contributed by atoms with E-state index in [1.54, 1.807) is 7.11 Å². The van der Waals surface area contributed by atoms with Gasteiger partial charge >= 0.3 is 0 Å². The molecular weight excluding hydrogens is 338 g/mol. The van der Waals surface area contributed by atoms with Crippen LogP contribution in [-0.2, 0) is 17.9 Å². The Morgan fingerprint density at radius 3 is 2.63 bits per heavy atom. The fourth-order valence-corrected chi connectivity index (χ4v) is 3.47. The van der Waals surface area contributed by atoms with Crippen LogP contribution in [0.2, 0.25) is 0 Å². The summed E-state index contributed by atoms with van der Waals surface area (Å²) < 4.78 is 9.44. The van der Waals surface area contributed by atoms with Gasteiger partial charge in [0.1, 0.15) is 12.3 Å². The van der Waals surface area contributed by atoms with E-state index >= 15 is 0 Å². The van der Waals surface area contributed by atoms with Crippen molar-refractivity contribution in [3.8, 4) is 5.75 Å². The van der Waals surface area contributed by atoms with Crippen molar-refractivity contribution in [1.82, 2.24) is 14.5 Å². The molecule has 0 aliphatic rings. The van der Waals surface area contributed by atoms with Crippen molar-refractivity contribution >= 4 is 27.7 Å². The first-order valence-corrected chi connectivity index (χ1v) is 9.18. The minimum Gasteiger partial charge on any atom is -0.497 e. The molecule has 0 saturated heterocycles. The van der Waals surface area contributed by atoms with Crippen LogP contribution in [0.25, 0.3) is 21.8 Å². The lowest BCUT2D eigenvalue weighted by atomic mass is 10.2. The molecule has 0 bridgehead atoms. The van der Waals surface area contributed by atoms with Crippen LogP contribution < -0.4 is 10.1 Å². The van der Waals surface area contributed by atoms with E-state index in [1.807, 2.05) is 41.1 Å². The molecule has 1 amide bonds. The number of carbonyl (C=O) groups excluding carboxylic acids is 1. The number of amides is 1. The second kappa shape index (κ2) is 7.58. The molecule has 0 saturated carbocycles. The van der Waals surface area contributed by atoms with Crippen LogP contribution in [0.1, 0.15) is 6.42 Å². The number of nitrogens with zero attached hydrogens (tertiary/aromatic N) is 2. The van der Waals surface area contributed by atoms with E-state index in [2.05, 4.69) is 40.3 Å². The molecule has 0 unspecified atom stereocenters. The molecular formula is C22H23N3O2. The van der Waals surface area contributed by atoms with Crippen LogP contribution in [0.15, 0.2) is 67.0 Å². The van der Waals surface area contributed by atoms with E-state index in [0.29, 0.717) is 13.1 Å². The number of fused-ring (bicyclic) bond motifs is 2. The van der Waals surface area contributed by atoms with Crippen molar-refractivity contribution in [2.75, 3.05) is 13.7 Å². The van der Waals surface area contributed by atoms with E-state index in [-0.39, 0.29) is 5.91 Å². The SMILES string of the molecule is COc1ccc2c(ccn2CC(=O)NCCCn2ccc3ccccc32)c1. The van der Waals surface area contributed by atoms with Gasteiger partial charge < -0.3 is 19.2 Å². The number of methoxy groups -OCH3 is 1. The van der Waals surface area contributed by atoms with Crippen LogP contribution in [-0.4, -0.2) is 28.7 Å². The third-order valence-electron chi connectivity index (χ3n) is 4.87. The number of para-hydroxylation sites is 1. The quantitative estimate of drug-likeness (QED) is 0.509. The van der Waals surface area contributed by atoms with Gasteiger partial charge in [-0.25, -0.2) is 0 Å². The predicted molar refractivity (Wildman–Crippen MR) is 108 cm³/mol. The Hall–Kier alpha value is -3.21. The van der Waals surface area contributed by atoms with E-state index in [9.17, 15) is 4.79 Å². The van der Waals surface area contributed by atoms with E-state index in [4.69, 9.17) is 4.74 Å². The molecule has 0 spiro atoms. The molecule has 1 N–H and O–H groups in total. The van der Waals surface area contributed by atoms with Gasteiger partial charge in [-0.1, -0.05) is 18.2 Å². The summed E-state index contributed by atoms with van der Waals surface area (Å²) in [5.41, 5.74) is 2.27. The summed E-state index contributed by atoms with van der Waals surface area (Å²) in [6, 6.07) is 18.3. The highest BCUT2D eigenvalue weighted by molar-refractivity contribution is 5.84. The van der Waals surface area contributed by atoms with E-state index < -0.39 is 0 Å². The number of rotatable bonds is 7. The first-order valence-electron chi connectivity index (χ1n) is 9.18. The van der Waals surface area contributed by atoms with Crippen LogP contribution in [0.5, 0.6) is 5.75 Å². The van der Waals surface area contributed by atoms with Gasteiger partial charge in [-0.05, 0) is 48.2 Å². The molecule has 0 radical (unpaired) electrons. The second-order valence-electron chi connectivity index (χ2n) is 6.64. The molecule has 138 valence electrons. The van der Waals surface area contributed by atoms with E-state index in [1.165, 1.54) is 10.9 Å². The first kappa shape index (κ1) is 17.2. The lowest BCUT2D eigenvalue weighted by Gasteiger charge is -2.09. The second-order valence-corrected chi connectivity index (χ2v) is 6.64. The van der Waals surface area contributed by atoms with Gasteiger partial charge in [0.05, 0.1) is 7.11 Å². The number of benzene rings is 2. The molecule has 0 aliphatic heterocycles. The summed E-state index contributed by atoms with van der Waals surface area (Å²) in [5.74, 6) is 0.850. The molecule has 0 atom stereocenters. The van der Waals surface area contributed by atoms with Gasteiger partial charge in [0.2, 0.25) is 5.91 Å². The molecule has 27 heavy (non-hydrogen) atoms. The molecule has 5 nitrogen and oxygen atoms in total. The minimum atomic E-state index is 0.0284. The summed E-state index contributed by atoms with van der Waals surface area (Å²) in [6.45, 7) is 1.88. The number of hydrogen-bond donors (Lipinski definition) is 1. The Balaban J connectivity index is 1.30. The zero-order chi connectivity index (χ0) is 18.6. The Bertz CT molecular complexity index is 1080. The monoisotopic (exact) mass is 361 g/mol. The normalized spacial score (nSPS) is 11.1. The molecule has 5 heteroatoms. The highest BCUT2D eigenvalue weighted by Crippen LogP contribution is 2.21. The Labute approximate surface area is 158 Å². The first-order chi connectivity index (χ1) is 13.2. The van der Waals surface area contributed by atoms with Crippen LogP contribution in [0.3, 0.4) is 0 Å². The van der Waals surface area contributed by atoms with Crippen LogP contribution >= 0.6 is 0 Å². The highest BCUT2D eigenvalue weighted by atomic mass is 16.5. The summed E-state index contributed by atoms with van der Waals surface area (Å²) in [5, 5.41) is 5.34. The minimum absolute atomic E-state index is 0.0284. The highest BCUT2D eigenvalue weighted by Gasteiger charge is 2.07. The lowest BCUT2D eigenvalue weighted by molar-refractivity contribution is -0.121. The van der Waals surface area contributed by atoms with Crippen molar-refractivity contribution < 1.29 is 9.53 Å². The molecule has 4 rings (SSSR count). The van der Waals surface area contributed by atoms with Crippen LogP contribution in [0, 0.1) is 0 Å². The van der Waals surface area contributed by atoms with Gasteiger partial charge in [0.15, 0.2) is 0 Å². The van der Waals surface area contributed by atoms with Crippen molar-refractivity contribution in [2.24, 2.45) is 0 Å². The third kappa shape index (κ3) is 3.67. The molecule has 0 aliphatic carbocycles. The topological polar surface area (TPSA) is 48.2 Å². The van der Waals surface area contributed by atoms with Crippen LogP contribution in [0.4, 0.5) is 0 Å². The predicted octanol–water partition coefficient (Wildman–Crippen LogP) is 3.81. The standard InChI is InChI=1S/C22H23N3O2/c1-27-19-7-8-21-18(15-19)10-14-25(21)16-22(26)23-11-4-12-24-13-9-17-5-2-3-6-20(17)24/h2-3,5-10,13-15H,4,11-12,16H2,1H3,(H,23,26). The number of ether oxygens (including phenoxy) is 1. The molecule has 2 aromatic carbocycles. The molecule has 4 aromatic rings. The molecule has 0 fully saturated rings. The fraction of sp³-hybridized carbons (Fsp3) is 0.227. The smallest absolute Gasteiger partial charge is 0.239 e. The Morgan fingerprint density at radius 2 is 1.74 bits per heavy atom. The maximum atomic E-state index is 12.3. The van der Waals surface area contributed by atoms with Gasteiger partial charge in [0.25, 0.3) is 0 Å². The number of hydrogen-bond acceptors (Lipinski definition) is 2. The van der Waals surface area contributed by atoms with Crippen molar-refractivity contribution in [1.29, 1.82) is 0 Å². The van der Waals surface area contributed by atoms with Gasteiger partial charge in [0, 0.05) is 41.9 Å². The van der Waals surface area contributed by atoms with Crippen molar-refractivity contribution in [3.05, 3.63) is 67.0 Å². The number of aryl methyl sites for hydroxylation is 1. The Morgan fingerprint density at radius 1 is 0.963 bits per heavy atom. The van der Waals surface area contributed by atoms with E-state index in [0.717, 1.165) is 29.6 Å². The Kier molecular flexibility index (Phi) is 4.83. The average molecular weight is 361 g/mol. The molecule has 2 heterocycles. The summed E-state index contributed by atoms with van der Waals surface area (Å²) in [6.07, 6.45) is 4.94. The van der Waals surface area contributed by atoms with Crippen molar-refractivity contribution in [3.63, 3.8) is 0 Å². The van der Waals surface area contributed by atoms with Crippen molar-refractivity contribution in [2.45, 2.75) is 19.5 Å². The lowest BCUT2D eigenvalue weighted by Crippen LogP contribution is -2.28. The summed E-state index contributed by atoms with van der Waals surface area (Å²) in [4.78, 5) is 12.3. The maximum Gasteiger partial charge on any atom is 0.239 e. The van der Waals surface area contributed by atoms with Gasteiger partial charge in [-0.3, -0.25) is 4.79 Å². The van der Waals surface area contributed by atoms with Gasteiger partial charge in [-0.2, -0.15) is 0 Å². The number of aromatic nitrogens is 2. The summed E-state index contributed by atoms with van der Waals surface area (Å²) >= 11 is 0. The number of nitrogens with one attached hydrogen (secondary N) is 1. The van der Waals surface area contributed by atoms with Gasteiger partial charge in [-0.15, -0.1) is 0 Å². The molecule has 2 aromatic heterocycles. The zero-order valence-electron chi connectivity index (χ0n) is 15.4. The maximum absolute atomic E-state index is 12.3. The summed E-state index contributed by atoms with van der Waals surface area (Å²) in [7, 11) is 1.65. The average Bonchev–Trinajstić information content (AvgIpc) is 3.29. The zero-order valence-corrected chi connectivity index (χ0v) is 15.4. The number of carbonyl (C=O) groups is 1. The fourth-order valence-electron chi connectivity index (χ4n) is 3.47.